The topological polar surface area (TPSA) is 70.8 Å². The first-order valence-corrected chi connectivity index (χ1v) is 6.17. The lowest BCUT2D eigenvalue weighted by Gasteiger charge is -2.07. The number of aromatic nitrogens is 1. The fourth-order valence-corrected chi connectivity index (χ4v) is 1.89. The van der Waals surface area contributed by atoms with Gasteiger partial charge in [-0.1, -0.05) is 30.3 Å². The van der Waals surface area contributed by atoms with E-state index in [0.717, 1.165) is 12.2 Å². The van der Waals surface area contributed by atoms with Crippen LogP contribution in [-0.2, 0) is 11.3 Å². The second-order valence-corrected chi connectivity index (χ2v) is 4.37. The third-order valence-corrected chi connectivity index (χ3v) is 2.90. The van der Waals surface area contributed by atoms with Crippen LogP contribution in [0.2, 0.25) is 0 Å². The highest BCUT2D eigenvalue weighted by molar-refractivity contribution is 5.97. The number of rotatable bonds is 4. The molecule has 0 aliphatic rings. The number of amides is 1. The van der Waals surface area contributed by atoms with Crippen molar-refractivity contribution < 1.29 is 4.79 Å². The van der Waals surface area contributed by atoms with Gasteiger partial charge in [-0.05, 0) is 41.3 Å². The molecule has 5 heteroatoms. The normalized spacial score (nSPS) is 10.9. The first kappa shape index (κ1) is 13.6. The maximum Gasteiger partial charge on any atom is 0.244 e. The van der Waals surface area contributed by atoms with Gasteiger partial charge in [-0.25, -0.2) is 0 Å². The maximum absolute atomic E-state index is 11.4. The van der Waals surface area contributed by atoms with Crippen LogP contribution in [0.4, 0.5) is 0 Å². The SMILES string of the molecule is C/C(=C\c1cccn1Cc1ccccc1)C(=O)N=[N+]=[N-]. The highest BCUT2D eigenvalue weighted by Gasteiger charge is 2.04. The molecule has 0 N–H and O–H groups in total. The van der Waals surface area contributed by atoms with Crippen molar-refractivity contribution in [3.8, 4) is 0 Å². The molecule has 0 radical (unpaired) electrons. The Bertz CT molecular complexity index is 679. The Morgan fingerprint density at radius 2 is 2.05 bits per heavy atom. The van der Waals surface area contributed by atoms with Gasteiger partial charge in [-0.3, -0.25) is 4.79 Å². The van der Waals surface area contributed by atoms with Gasteiger partial charge in [0.05, 0.1) is 0 Å². The van der Waals surface area contributed by atoms with Crippen LogP contribution in [0.5, 0.6) is 0 Å². The van der Waals surface area contributed by atoms with E-state index in [-0.39, 0.29) is 0 Å². The number of carbonyl (C=O) groups is 1. The van der Waals surface area contributed by atoms with Gasteiger partial charge in [0.2, 0.25) is 5.91 Å². The van der Waals surface area contributed by atoms with E-state index in [2.05, 4.69) is 10.0 Å². The summed E-state index contributed by atoms with van der Waals surface area (Å²) in [5.74, 6) is -0.556. The molecule has 0 atom stereocenters. The van der Waals surface area contributed by atoms with Gasteiger partial charge < -0.3 is 4.57 Å². The molecule has 1 aromatic carbocycles. The summed E-state index contributed by atoms with van der Waals surface area (Å²) in [7, 11) is 0. The molecule has 0 saturated carbocycles. The molecule has 1 amide bonds. The molecule has 0 fully saturated rings. The molecule has 20 heavy (non-hydrogen) atoms. The standard InChI is InChI=1S/C15H14N4O/c1-12(15(20)17-18-16)10-14-8-5-9-19(14)11-13-6-3-2-4-7-13/h2-10H,11H2,1H3/b12-10+. The largest absolute Gasteiger partial charge is 0.344 e. The molecule has 2 aromatic rings. The predicted molar refractivity (Wildman–Crippen MR) is 77.8 cm³/mol. The van der Waals surface area contributed by atoms with E-state index >= 15 is 0 Å². The van der Waals surface area contributed by atoms with Crippen molar-refractivity contribution in [2.75, 3.05) is 0 Å². The summed E-state index contributed by atoms with van der Waals surface area (Å²) >= 11 is 0. The smallest absolute Gasteiger partial charge is 0.244 e. The zero-order valence-electron chi connectivity index (χ0n) is 11.1. The fraction of sp³-hybridized carbons (Fsp3) is 0.133. The average molecular weight is 266 g/mol. The molecule has 5 nitrogen and oxygen atoms in total. The minimum atomic E-state index is -0.556. The van der Waals surface area contributed by atoms with Gasteiger partial charge in [0, 0.05) is 28.9 Å². The van der Waals surface area contributed by atoms with Gasteiger partial charge in [-0.2, -0.15) is 0 Å². The molecular formula is C15H14N4O. The summed E-state index contributed by atoms with van der Waals surface area (Å²) in [6, 6.07) is 13.9. The number of hydrogen-bond donors (Lipinski definition) is 0. The zero-order chi connectivity index (χ0) is 14.4. The van der Waals surface area contributed by atoms with Crippen LogP contribution in [-0.4, -0.2) is 10.5 Å². The van der Waals surface area contributed by atoms with E-state index in [9.17, 15) is 4.79 Å². The van der Waals surface area contributed by atoms with Crippen LogP contribution in [0.3, 0.4) is 0 Å². The second kappa shape index (κ2) is 6.41. The Kier molecular flexibility index (Phi) is 4.37. The highest BCUT2D eigenvalue weighted by Crippen LogP contribution is 2.12. The zero-order valence-corrected chi connectivity index (χ0v) is 11.1. The molecular weight excluding hydrogens is 252 g/mol. The Labute approximate surface area is 116 Å². The minimum absolute atomic E-state index is 0.413. The third-order valence-electron chi connectivity index (χ3n) is 2.90. The molecule has 0 unspecified atom stereocenters. The summed E-state index contributed by atoms with van der Waals surface area (Å²) < 4.78 is 2.03. The maximum atomic E-state index is 11.4. The lowest BCUT2D eigenvalue weighted by Crippen LogP contribution is -2.01. The molecule has 100 valence electrons. The van der Waals surface area contributed by atoms with E-state index in [1.54, 1.807) is 13.0 Å². The molecule has 0 saturated heterocycles. The van der Waals surface area contributed by atoms with Crippen LogP contribution in [0, 0.1) is 0 Å². The highest BCUT2D eigenvalue weighted by atomic mass is 16.1. The first-order valence-electron chi connectivity index (χ1n) is 6.17. The molecule has 0 spiro atoms. The third kappa shape index (κ3) is 3.37. The Hall–Kier alpha value is -2.78. The number of hydrogen-bond acceptors (Lipinski definition) is 1. The predicted octanol–water partition coefficient (Wildman–Crippen LogP) is 3.78. The second-order valence-electron chi connectivity index (χ2n) is 4.37. The number of azide groups is 1. The monoisotopic (exact) mass is 266 g/mol. The van der Waals surface area contributed by atoms with Crippen molar-refractivity contribution in [2.24, 2.45) is 5.11 Å². The van der Waals surface area contributed by atoms with E-state index in [1.807, 2.05) is 53.2 Å². The van der Waals surface area contributed by atoms with Crippen LogP contribution in [0.25, 0.3) is 16.5 Å². The number of nitrogens with zero attached hydrogens (tertiary/aromatic N) is 4. The number of carbonyl (C=O) groups excluding carboxylic acids is 1. The van der Waals surface area contributed by atoms with Gasteiger partial charge in [-0.15, -0.1) is 0 Å². The van der Waals surface area contributed by atoms with Gasteiger partial charge >= 0.3 is 0 Å². The van der Waals surface area contributed by atoms with Crippen molar-refractivity contribution in [1.82, 2.24) is 4.57 Å². The van der Waals surface area contributed by atoms with Crippen LogP contribution in [0.1, 0.15) is 18.2 Å². The summed E-state index contributed by atoms with van der Waals surface area (Å²) in [6.45, 7) is 2.36. The molecule has 2 rings (SSSR count). The average Bonchev–Trinajstić information content (AvgIpc) is 2.87. The summed E-state index contributed by atoms with van der Waals surface area (Å²) in [6.07, 6.45) is 3.67. The Morgan fingerprint density at radius 1 is 1.30 bits per heavy atom. The van der Waals surface area contributed by atoms with E-state index in [4.69, 9.17) is 5.53 Å². The fourth-order valence-electron chi connectivity index (χ4n) is 1.89. The van der Waals surface area contributed by atoms with Crippen molar-refractivity contribution in [1.29, 1.82) is 0 Å². The molecule has 0 aliphatic heterocycles. The Morgan fingerprint density at radius 3 is 2.75 bits per heavy atom. The van der Waals surface area contributed by atoms with Crippen molar-refractivity contribution in [2.45, 2.75) is 13.5 Å². The van der Waals surface area contributed by atoms with Crippen molar-refractivity contribution >= 4 is 12.0 Å². The molecule has 1 heterocycles. The van der Waals surface area contributed by atoms with E-state index < -0.39 is 5.91 Å². The lowest BCUT2D eigenvalue weighted by atomic mass is 10.2. The van der Waals surface area contributed by atoms with Gasteiger partial charge in [0.1, 0.15) is 0 Å². The Balaban J connectivity index is 2.23. The first-order chi connectivity index (χ1) is 9.70. The van der Waals surface area contributed by atoms with Crippen LogP contribution in [0.15, 0.2) is 59.3 Å². The van der Waals surface area contributed by atoms with E-state index in [1.165, 1.54) is 5.56 Å². The van der Waals surface area contributed by atoms with Gasteiger partial charge in [0.25, 0.3) is 0 Å². The molecule has 1 aromatic heterocycles. The summed E-state index contributed by atoms with van der Waals surface area (Å²) in [5, 5.41) is 3.08. The summed E-state index contributed by atoms with van der Waals surface area (Å²) in [4.78, 5) is 13.9. The van der Waals surface area contributed by atoms with E-state index in [0.29, 0.717) is 5.57 Å². The van der Waals surface area contributed by atoms with Crippen molar-refractivity contribution in [3.05, 3.63) is 75.9 Å². The van der Waals surface area contributed by atoms with Crippen molar-refractivity contribution in [3.63, 3.8) is 0 Å². The summed E-state index contributed by atoms with van der Waals surface area (Å²) in [5.41, 5.74) is 10.8. The quantitative estimate of drug-likeness (QED) is 0.359. The molecule has 0 bridgehead atoms. The van der Waals surface area contributed by atoms with Crippen LogP contribution >= 0.6 is 0 Å². The molecule has 0 aliphatic carbocycles. The minimum Gasteiger partial charge on any atom is -0.344 e. The number of benzene rings is 1. The van der Waals surface area contributed by atoms with Gasteiger partial charge in [0.15, 0.2) is 0 Å². The lowest BCUT2D eigenvalue weighted by molar-refractivity contribution is -0.114. The van der Waals surface area contributed by atoms with Crippen LogP contribution < -0.4 is 0 Å².